The Balaban J connectivity index is 1.89. The van der Waals surface area contributed by atoms with Crippen LogP contribution in [0.1, 0.15) is 32.6 Å². The van der Waals surface area contributed by atoms with Crippen molar-refractivity contribution in [2.45, 2.75) is 44.8 Å². The standard InChI is InChI=1S/C14H28N2O2/c1-2-18-13-6-3-7-16(10-13)14(9-15)12-5-4-8-17-11-12/h12-14H,2-11,15H2,1H3. The molecule has 2 rings (SSSR count). The fraction of sp³-hybridized carbons (Fsp3) is 1.00. The van der Waals surface area contributed by atoms with Gasteiger partial charge in [0.25, 0.3) is 0 Å². The van der Waals surface area contributed by atoms with Gasteiger partial charge in [-0.2, -0.15) is 0 Å². The Labute approximate surface area is 111 Å². The third-order valence-electron chi connectivity index (χ3n) is 4.26. The van der Waals surface area contributed by atoms with Crippen molar-refractivity contribution in [1.82, 2.24) is 4.90 Å². The van der Waals surface area contributed by atoms with Crippen molar-refractivity contribution in [3.8, 4) is 0 Å². The van der Waals surface area contributed by atoms with Crippen LogP contribution in [0.3, 0.4) is 0 Å². The lowest BCUT2D eigenvalue weighted by Crippen LogP contribution is -2.53. The van der Waals surface area contributed by atoms with Crippen LogP contribution in [-0.4, -0.2) is 56.5 Å². The lowest BCUT2D eigenvalue weighted by Gasteiger charge is -2.42. The molecule has 0 aliphatic carbocycles. The quantitative estimate of drug-likeness (QED) is 0.804. The van der Waals surface area contributed by atoms with Gasteiger partial charge in [0.05, 0.1) is 12.7 Å². The van der Waals surface area contributed by atoms with Crippen molar-refractivity contribution in [3.63, 3.8) is 0 Å². The topological polar surface area (TPSA) is 47.7 Å². The second-order valence-electron chi connectivity index (χ2n) is 5.49. The van der Waals surface area contributed by atoms with E-state index in [2.05, 4.69) is 11.8 Å². The van der Waals surface area contributed by atoms with Gasteiger partial charge in [-0.15, -0.1) is 0 Å². The maximum atomic E-state index is 6.02. The number of rotatable bonds is 5. The maximum Gasteiger partial charge on any atom is 0.0702 e. The van der Waals surface area contributed by atoms with Crippen LogP contribution in [0.25, 0.3) is 0 Å². The summed E-state index contributed by atoms with van der Waals surface area (Å²) in [6.07, 6.45) is 5.28. The summed E-state index contributed by atoms with van der Waals surface area (Å²) in [6.45, 7) is 7.67. The molecule has 4 nitrogen and oxygen atoms in total. The third kappa shape index (κ3) is 3.67. The predicted octanol–water partition coefficient (Wildman–Crippen LogP) is 1.24. The van der Waals surface area contributed by atoms with E-state index >= 15 is 0 Å². The van der Waals surface area contributed by atoms with E-state index in [1.54, 1.807) is 0 Å². The smallest absolute Gasteiger partial charge is 0.0702 e. The lowest BCUT2D eigenvalue weighted by molar-refractivity contribution is -0.0363. The molecule has 0 amide bonds. The van der Waals surface area contributed by atoms with Crippen LogP contribution >= 0.6 is 0 Å². The van der Waals surface area contributed by atoms with Crippen LogP contribution in [-0.2, 0) is 9.47 Å². The maximum absolute atomic E-state index is 6.02. The summed E-state index contributed by atoms with van der Waals surface area (Å²) in [4.78, 5) is 2.54. The van der Waals surface area contributed by atoms with Crippen LogP contribution in [0.2, 0.25) is 0 Å². The van der Waals surface area contributed by atoms with Gasteiger partial charge in [-0.05, 0) is 45.1 Å². The molecular formula is C14H28N2O2. The summed E-state index contributed by atoms with van der Waals surface area (Å²) in [7, 11) is 0. The van der Waals surface area contributed by atoms with E-state index in [1.807, 2.05) is 0 Å². The zero-order valence-corrected chi connectivity index (χ0v) is 11.6. The van der Waals surface area contributed by atoms with E-state index in [1.165, 1.54) is 32.2 Å². The summed E-state index contributed by atoms with van der Waals surface area (Å²) in [6, 6.07) is 0.480. The molecule has 106 valence electrons. The monoisotopic (exact) mass is 256 g/mol. The van der Waals surface area contributed by atoms with Crippen LogP contribution in [0.5, 0.6) is 0 Å². The van der Waals surface area contributed by atoms with Gasteiger partial charge >= 0.3 is 0 Å². The van der Waals surface area contributed by atoms with E-state index in [-0.39, 0.29) is 0 Å². The van der Waals surface area contributed by atoms with Gasteiger partial charge in [-0.25, -0.2) is 0 Å². The number of likely N-dealkylation sites (tertiary alicyclic amines) is 1. The van der Waals surface area contributed by atoms with Crippen LogP contribution in [0, 0.1) is 5.92 Å². The normalized spacial score (nSPS) is 32.3. The second-order valence-corrected chi connectivity index (χ2v) is 5.49. The highest BCUT2D eigenvalue weighted by molar-refractivity contribution is 4.86. The molecule has 0 spiro atoms. The Morgan fingerprint density at radius 2 is 2.28 bits per heavy atom. The van der Waals surface area contributed by atoms with Gasteiger partial charge < -0.3 is 15.2 Å². The van der Waals surface area contributed by atoms with E-state index < -0.39 is 0 Å². The second kappa shape index (κ2) is 7.43. The molecule has 0 bridgehead atoms. The van der Waals surface area contributed by atoms with E-state index in [0.717, 1.165) is 32.9 Å². The number of ether oxygens (including phenoxy) is 2. The first-order valence-corrected chi connectivity index (χ1v) is 7.48. The SMILES string of the molecule is CCOC1CCCN(C(CN)C2CCCOC2)C1. The molecule has 0 aromatic carbocycles. The number of nitrogens with zero attached hydrogens (tertiary/aromatic N) is 1. The molecule has 0 saturated carbocycles. The number of nitrogens with two attached hydrogens (primary N) is 1. The highest BCUT2D eigenvalue weighted by Crippen LogP contribution is 2.24. The van der Waals surface area contributed by atoms with Crippen molar-refractivity contribution >= 4 is 0 Å². The number of hydrogen-bond donors (Lipinski definition) is 1. The summed E-state index contributed by atoms with van der Waals surface area (Å²) in [5.41, 5.74) is 6.02. The van der Waals surface area contributed by atoms with Gasteiger partial charge in [0.15, 0.2) is 0 Å². The summed E-state index contributed by atoms with van der Waals surface area (Å²) in [5, 5.41) is 0. The predicted molar refractivity (Wildman–Crippen MR) is 72.6 cm³/mol. The molecule has 3 atom stereocenters. The Bertz CT molecular complexity index is 230. The average Bonchev–Trinajstić information content (AvgIpc) is 2.42. The molecule has 0 aromatic heterocycles. The van der Waals surface area contributed by atoms with Crippen LogP contribution in [0.4, 0.5) is 0 Å². The Morgan fingerprint density at radius 3 is 2.94 bits per heavy atom. The molecular weight excluding hydrogens is 228 g/mol. The first-order chi connectivity index (χ1) is 8.85. The van der Waals surface area contributed by atoms with E-state index in [0.29, 0.717) is 18.1 Å². The Morgan fingerprint density at radius 1 is 1.39 bits per heavy atom. The van der Waals surface area contributed by atoms with Gasteiger partial charge in [-0.1, -0.05) is 0 Å². The van der Waals surface area contributed by atoms with Crippen molar-refractivity contribution < 1.29 is 9.47 Å². The number of piperidine rings is 1. The third-order valence-corrected chi connectivity index (χ3v) is 4.26. The highest BCUT2D eigenvalue weighted by Gasteiger charge is 2.31. The summed E-state index contributed by atoms with van der Waals surface area (Å²) >= 11 is 0. The Hall–Kier alpha value is -0.160. The molecule has 0 radical (unpaired) electrons. The minimum Gasteiger partial charge on any atom is -0.381 e. The molecule has 2 fully saturated rings. The molecule has 2 heterocycles. The molecule has 0 aromatic rings. The van der Waals surface area contributed by atoms with Gasteiger partial charge in [0, 0.05) is 32.3 Å². The van der Waals surface area contributed by atoms with Gasteiger partial charge in [0.1, 0.15) is 0 Å². The largest absolute Gasteiger partial charge is 0.381 e. The van der Waals surface area contributed by atoms with Crippen molar-refractivity contribution in [1.29, 1.82) is 0 Å². The van der Waals surface area contributed by atoms with E-state index in [9.17, 15) is 0 Å². The van der Waals surface area contributed by atoms with Crippen molar-refractivity contribution in [2.24, 2.45) is 11.7 Å². The van der Waals surface area contributed by atoms with Crippen LogP contribution in [0.15, 0.2) is 0 Å². The minimum atomic E-state index is 0.405. The van der Waals surface area contributed by atoms with Gasteiger partial charge in [-0.3, -0.25) is 4.90 Å². The summed E-state index contributed by atoms with van der Waals surface area (Å²) in [5.74, 6) is 0.615. The first-order valence-electron chi connectivity index (χ1n) is 7.48. The molecule has 2 aliphatic rings. The van der Waals surface area contributed by atoms with E-state index in [4.69, 9.17) is 15.2 Å². The molecule has 2 N–H and O–H groups in total. The van der Waals surface area contributed by atoms with Crippen molar-refractivity contribution in [2.75, 3.05) is 39.5 Å². The fourth-order valence-electron chi connectivity index (χ4n) is 3.35. The lowest BCUT2D eigenvalue weighted by atomic mass is 9.91. The molecule has 2 aliphatic heterocycles. The van der Waals surface area contributed by atoms with Crippen molar-refractivity contribution in [3.05, 3.63) is 0 Å². The van der Waals surface area contributed by atoms with Crippen LogP contribution < -0.4 is 5.73 Å². The molecule has 3 unspecified atom stereocenters. The average molecular weight is 256 g/mol. The Kier molecular flexibility index (Phi) is 5.89. The zero-order chi connectivity index (χ0) is 12.8. The number of hydrogen-bond acceptors (Lipinski definition) is 4. The summed E-state index contributed by atoms with van der Waals surface area (Å²) < 4.78 is 11.4. The zero-order valence-electron chi connectivity index (χ0n) is 11.6. The first kappa shape index (κ1) is 14.3. The molecule has 18 heavy (non-hydrogen) atoms. The van der Waals surface area contributed by atoms with Gasteiger partial charge in [0.2, 0.25) is 0 Å². The minimum absolute atomic E-state index is 0.405. The fourth-order valence-corrected chi connectivity index (χ4v) is 3.35. The highest BCUT2D eigenvalue weighted by atomic mass is 16.5. The molecule has 4 heteroatoms. The molecule has 2 saturated heterocycles.